The van der Waals surface area contributed by atoms with Gasteiger partial charge in [0.2, 0.25) is 0 Å². The van der Waals surface area contributed by atoms with Crippen molar-refractivity contribution in [3.05, 3.63) is 23.2 Å². The van der Waals surface area contributed by atoms with Gasteiger partial charge in [0.25, 0.3) is 0 Å². The van der Waals surface area contributed by atoms with Crippen molar-refractivity contribution in [2.45, 2.75) is 25.3 Å². The minimum Gasteiger partial charge on any atom is -0.497 e. The molecule has 1 fully saturated rings. The summed E-state index contributed by atoms with van der Waals surface area (Å²) in [5, 5.41) is 4.73. The highest BCUT2D eigenvalue weighted by Gasteiger charge is 2.27. The number of methoxy groups -OCH3 is 1. The number of hydrogen-bond donors (Lipinski definition) is 1. The Balaban J connectivity index is 2.01. The molecule has 0 spiro atoms. The molecule has 2 heterocycles. The second kappa shape index (κ2) is 4.27. The van der Waals surface area contributed by atoms with E-state index in [4.69, 9.17) is 9.72 Å². The van der Waals surface area contributed by atoms with E-state index < -0.39 is 0 Å². The van der Waals surface area contributed by atoms with Crippen LogP contribution in [0.3, 0.4) is 0 Å². The third kappa shape index (κ3) is 1.91. The first kappa shape index (κ1) is 11.0. The normalized spacial score (nSPS) is 24.4. The highest BCUT2D eigenvalue weighted by atomic mass is 32.1. The molecule has 1 aromatic carbocycles. The second-order valence-corrected chi connectivity index (χ2v) is 5.59. The Bertz CT molecular complexity index is 537. The Morgan fingerprint density at radius 3 is 3.06 bits per heavy atom. The van der Waals surface area contributed by atoms with Gasteiger partial charge in [0.15, 0.2) is 0 Å². The topological polar surface area (TPSA) is 34.1 Å². The quantitative estimate of drug-likeness (QED) is 0.887. The molecule has 0 amide bonds. The molecule has 90 valence electrons. The number of benzene rings is 1. The molecule has 0 radical (unpaired) electrons. The second-order valence-electron chi connectivity index (χ2n) is 4.52. The van der Waals surface area contributed by atoms with Gasteiger partial charge in [0.05, 0.1) is 22.3 Å². The van der Waals surface area contributed by atoms with Crippen molar-refractivity contribution >= 4 is 21.6 Å². The maximum atomic E-state index is 5.24. The molecule has 2 atom stereocenters. The van der Waals surface area contributed by atoms with Crippen molar-refractivity contribution < 1.29 is 4.74 Å². The van der Waals surface area contributed by atoms with E-state index >= 15 is 0 Å². The molecule has 0 saturated carbocycles. The number of nitrogens with zero attached hydrogens (tertiary/aromatic N) is 1. The van der Waals surface area contributed by atoms with E-state index in [1.54, 1.807) is 18.4 Å². The van der Waals surface area contributed by atoms with Crippen LogP contribution in [0, 0.1) is 0 Å². The number of hydrogen-bond acceptors (Lipinski definition) is 4. The smallest absolute Gasteiger partial charge is 0.120 e. The summed E-state index contributed by atoms with van der Waals surface area (Å²) >= 11 is 1.80. The Morgan fingerprint density at radius 2 is 2.35 bits per heavy atom. The first-order chi connectivity index (χ1) is 8.28. The summed E-state index contributed by atoms with van der Waals surface area (Å²) in [6, 6.07) is 6.63. The number of fused-ring (bicyclic) bond motifs is 1. The van der Waals surface area contributed by atoms with Crippen LogP contribution in [0.5, 0.6) is 5.75 Å². The Hall–Kier alpha value is -1.13. The summed E-state index contributed by atoms with van der Waals surface area (Å²) in [5.74, 6) is 1.48. The number of rotatable bonds is 2. The van der Waals surface area contributed by atoms with Gasteiger partial charge in [-0.25, -0.2) is 4.98 Å². The lowest BCUT2D eigenvalue weighted by Crippen LogP contribution is -2.21. The van der Waals surface area contributed by atoms with Crippen molar-refractivity contribution in [3.8, 4) is 5.75 Å². The van der Waals surface area contributed by atoms with Gasteiger partial charge in [-0.2, -0.15) is 0 Å². The number of nitrogens with one attached hydrogen (secondary N) is 1. The molecule has 3 rings (SSSR count). The summed E-state index contributed by atoms with van der Waals surface area (Å²) < 4.78 is 6.47. The molecule has 1 saturated heterocycles. The molecular weight excluding hydrogens is 232 g/mol. The lowest BCUT2D eigenvalue weighted by Gasteiger charge is -2.10. The summed E-state index contributed by atoms with van der Waals surface area (Å²) in [7, 11) is 1.70. The van der Waals surface area contributed by atoms with E-state index in [1.165, 1.54) is 16.1 Å². The Morgan fingerprint density at radius 1 is 1.47 bits per heavy atom. The van der Waals surface area contributed by atoms with Gasteiger partial charge in [0.1, 0.15) is 5.75 Å². The van der Waals surface area contributed by atoms with Gasteiger partial charge in [-0.15, -0.1) is 11.3 Å². The molecule has 0 aliphatic carbocycles. The van der Waals surface area contributed by atoms with Gasteiger partial charge in [0, 0.05) is 12.0 Å². The van der Waals surface area contributed by atoms with Crippen molar-refractivity contribution in [1.82, 2.24) is 10.3 Å². The van der Waals surface area contributed by atoms with Gasteiger partial charge >= 0.3 is 0 Å². The minimum atomic E-state index is 0.539. The summed E-state index contributed by atoms with van der Waals surface area (Å²) in [6.07, 6.45) is 1.19. The SMILES string of the molecule is COc1ccc2nc(C3CCNC3C)sc2c1. The third-order valence-corrected chi connectivity index (χ3v) is 4.60. The standard InChI is InChI=1S/C13H16N2OS/c1-8-10(5-6-14-8)13-15-11-4-3-9(16-2)7-12(11)17-13/h3-4,7-8,10,14H,5-6H2,1-2H3. The van der Waals surface area contributed by atoms with E-state index in [1.807, 2.05) is 12.1 Å². The van der Waals surface area contributed by atoms with Crippen LogP contribution < -0.4 is 10.1 Å². The molecule has 2 unspecified atom stereocenters. The predicted molar refractivity (Wildman–Crippen MR) is 71.0 cm³/mol. The fraction of sp³-hybridized carbons (Fsp3) is 0.462. The van der Waals surface area contributed by atoms with Crippen LogP contribution in [0.2, 0.25) is 0 Å². The molecule has 1 aliphatic heterocycles. The maximum absolute atomic E-state index is 5.24. The summed E-state index contributed by atoms with van der Waals surface area (Å²) in [5.41, 5.74) is 1.09. The average molecular weight is 248 g/mol. The average Bonchev–Trinajstić information content (AvgIpc) is 2.93. The van der Waals surface area contributed by atoms with Crippen LogP contribution >= 0.6 is 11.3 Å². The maximum Gasteiger partial charge on any atom is 0.120 e. The molecule has 1 aliphatic rings. The number of ether oxygens (including phenoxy) is 1. The molecule has 1 aromatic heterocycles. The van der Waals surface area contributed by atoms with Crippen molar-refractivity contribution in [2.24, 2.45) is 0 Å². The van der Waals surface area contributed by atoms with Crippen LogP contribution in [0.1, 0.15) is 24.3 Å². The van der Waals surface area contributed by atoms with Crippen LogP contribution in [0.25, 0.3) is 10.2 Å². The molecule has 2 aromatic rings. The van der Waals surface area contributed by atoms with Crippen LogP contribution in [0.15, 0.2) is 18.2 Å². The fourth-order valence-corrected chi connectivity index (χ4v) is 3.64. The third-order valence-electron chi connectivity index (χ3n) is 3.45. The molecule has 17 heavy (non-hydrogen) atoms. The Kier molecular flexibility index (Phi) is 2.76. The minimum absolute atomic E-state index is 0.539. The van der Waals surface area contributed by atoms with Crippen molar-refractivity contribution in [1.29, 1.82) is 0 Å². The van der Waals surface area contributed by atoms with Gasteiger partial charge in [-0.1, -0.05) is 0 Å². The first-order valence-electron chi connectivity index (χ1n) is 5.96. The van der Waals surface area contributed by atoms with Crippen molar-refractivity contribution in [3.63, 3.8) is 0 Å². The van der Waals surface area contributed by atoms with Crippen molar-refractivity contribution in [2.75, 3.05) is 13.7 Å². The molecule has 4 heteroatoms. The monoisotopic (exact) mass is 248 g/mol. The summed E-state index contributed by atoms with van der Waals surface area (Å²) in [4.78, 5) is 4.74. The number of thiazole rings is 1. The highest BCUT2D eigenvalue weighted by Crippen LogP contribution is 2.34. The van der Waals surface area contributed by atoms with E-state index in [2.05, 4.69) is 18.3 Å². The van der Waals surface area contributed by atoms with E-state index in [9.17, 15) is 0 Å². The molecule has 1 N–H and O–H groups in total. The molecular formula is C13H16N2OS. The van der Waals surface area contributed by atoms with E-state index in [0.29, 0.717) is 12.0 Å². The zero-order chi connectivity index (χ0) is 11.8. The number of aromatic nitrogens is 1. The first-order valence-corrected chi connectivity index (χ1v) is 6.77. The van der Waals surface area contributed by atoms with Gasteiger partial charge in [-0.05, 0) is 38.1 Å². The fourth-order valence-electron chi connectivity index (χ4n) is 2.40. The zero-order valence-corrected chi connectivity index (χ0v) is 10.9. The lowest BCUT2D eigenvalue weighted by atomic mass is 10.0. The predicted octanol–water partition coefficient (Wildman–Crippen LogP) is 2.77. The van der Waals surface area contributed by atoms with E-state index in [0.717, 1.165) is 17.8 Å². The van der Waals surface area contributed by atoms with Crippen LogP contribution in [-0.2, 0) is 0 Å². The van der Waals surface area contributed by atoms with Gasteiger partial charge < -0.3 is 10.1 Å². The van der Waals surface area contributed by atoms with Crippen LogP contribution in [-0.4, -0.2) is 24.7 Å². The van der Waals surface area contributed by atoms with Gasteiger partial charge in [-0.3, -0.25) is 0 Å². The molecule has 3 nitrogen and oxygen atoms in total. The summed E-state index contributed by atoms with van der Waals surface area (Å²) in [6.45, 7) is 3.34. The molecule has 0 bridgehead atoms. The lowest BCUT2D eigenvalue weighted by molar-refractivity contribution is 0.415. The highest BCUT2D eigenvalue weighted by molar-refractivity contribution is 7.18. The Labute approximate surface area is 105 Å². The van der Waals surface area contributed by atoms with E-state index in [-0.39, 0.29) is 0 Å². The largest absolute Gasteiger partial charge is 0.497 e. The van der Waals surface area contributed by atoms with Crippen LogP contribution in [0.4, 0.5) is 0 Å². The zero-order valence-electron chi connectivity index (χ0n) is 10.1.